The molecule has 8 nitrogen and oxygen atoms in total. The minimum absolute atomic E-state index is 0.0397. The van der Waals surface area contributed by atoms with E-state index in [1.807, 2.05) is 0 Å². The lowest BCUT2D eigenvalue weighted by Crippen LogP contribution is -2.27. The fraction of sp³-hybridized carbons (Fsp3) is 0.429. The maximum absolute atomic E-state index is 12.9. The number of nitrogens with zero attached hydrogens (tertiary/aromatic N) is 2. The Kier molecular flexibility index (Phi) is 8.16. The van der Waals surface area contributed by atoms with Crippen molar-refractivity contribution in [3.8, 4) is 0 Å². The van der Waals surface area contributed by atoms with Gasteiger partial charge in [0.2, 0.25) is 5.91 Å². The Morgan fingerprint density at radius 3 is 2.87 bits per heavy atom. The molecular weight excluding hydrogens is 438 g/mol. The number of para-hydroxylation sites is 1. The van der Waals surface area contributed by atoms with Gasteiger partial charge in [0, 0.05) is 18.8 Å². The summed E-state index contributed by atoms with van der Waals surface area (Å²) < 4.78 is 11.7. The summed E-state index contributed by atoms with van der Waals surface area (Å²) in [5, 5.41) is 3.54. The molecule has 0 fully saturated rings. The Morgan fingerprint density at radius 2 is 2.13 bits per heavy atom. The molecule has 2 aromatic rings. The Bertz CT molecular complexity index is 1020. The van der Waals surface area contributed by atoms with Crippen LogP contribution in [-0.2, 0) is 27.2 Å². The molecule has 1 aliphatic rings. The summed E-state index contributed by atoms with van der Waals surface area (Å²) in [7, 11) is 1.57. The van der Waals surface area contributed by atoms with E-state index in [0.717, 1.165) is 12.1 Å². The molecule has 1 aliphatic heterocycles. The zero-order valence-corrected chi connectivity index (χ0v) is 19.3. The summed E-state index contributed by atoms with van der Waals surface area (Å²) in [4.78, 5) is 43.0. The number of ether oxygens (including phenoxy) is 2. The number of benzene rings is 1. The smallest absolute Gasteiger partial charge is 0.340 e. The number of anilines is 1. The molecule has 1 unspecified atom stereocenters. The number of carbonyl (C=O) groups is 2. The van der Waals surface area contributed by atoms with Crippen LogP contribution in [0, 0.1) is 0 Å². The van der Waals surface area contributed by atoms with Crippen molar-refractivity contribution in [2.24, 2.45) is 0 Å². The van der Waals surface area contributed by atoms with Crippen LogP contribution in [0.4, 0.5) is 5.69 Å². The van der Waals surface area contributed by atoms with E-state index in [-0.39, 0.29) is 23.8 Å². The lowest BCUT2D eigenvalue weighted by Gasteiger charge is -2.14. The Labute approximate surface area is 189 Å². The van der Waals surface area contributed by atoms with Crippen LogP contribution in [-0.4, -0.2) is 52.8 Å². The standard InChI is InChI=1S/C21H25N3O5S2/c1-4-29-20(27)14-7-5-6-8-15(14)22-17(25)12-30-21-23-16-11-13(2)31-18(16)19(26)24(21)9-10-28-3/h5-8,13H,4,9-12H2,1-3H3,(H,22,25). The molecule has 1 aromatic carbocycles. The van der Waals surface area contributed by atoms with Crippen molar-refractivity contribution >= 4 is 41.1 Å². The van der Waals surface area contributed by atoms with E-state index in [4.69, 9.17) is 9.47 Å². The van der Waals surface area contributed by atoms with Gasteiger partial charge >= 0.3 is 5.97 Å². The van der Waals surface area contributed by atoms with Crippen LogP contribution in [0.3, 0.4) is 0 Å². The summed E-state index contributed by atoms with van der Waals surface area (Å²) in [6.07, 6.45) is 0.729. The second-order valence-corrected chi connectivity index (χ2v) is 9.25. The molecule has 1 atom stereocenters. The van der Waals surface area contributed by atoms with Gasteiger partial charge in [-0.1, -0.05) is 30.8 Å². The normalized spacial score (nSPS) is 14.9. The predicted molar refractivity (Wildman–Crippen MR) is 121 cm³/mol. The van der Waals surface area contributed by atoms with Gasteiger partial charge < -0.3 is 14.8 Å². The SMILES string of the molecule is CCOC(=O)c1ccccc1NC(=O)CSc1nc2c(c(=O)n1CCOC)SC(C)C2. The van der Waals surface area contributed by atoms with Crippen molar-refractivity contribution in [2.45, 2.75) is 42.1 Å². The van der Waals surface area contributed by atoms with E-state index >= 15 is 0 Å². The number of rotatable bonds is 9. The van der Waals surface area contributed by atoms with Gasteiger partial charge in [-0.3, -0.25) is 14.2 Å². The van der Waals surface area contributed by atoms with Crippen LogP contribution < -0.4 is 10.9 Å². The largest absolute Gasteiger partial charge is 0.462 e. The van der Waals surface area contributed by atoms with Crippen molar-refractivity contribution in [3.63, 3.8) is 0 Å². The van der Waals surface area contributed by atoms with Crippen molar-refractivity contribution in [3.05, 3.63) is 45.9 Å². The van der Waals surface area contributed by atoms with Crippen LogP contribution in [0.1, 0.15) is 29.9 Å². The number of hydrogen-bond donors (Lipinski definition) is 1. The van der Waals surface area contributed by atoms with E-state index in [1.165, 1.54) is 23.5 Å². The molecule has 0 bridgehead atoms. The highest BCUT2D eigenvalue weighted by atomic mass is 32.2. The van der Waals surface area contributed by atoms with Crippen LogP contribution in [0.5, 0.6) is 0 Å². The molecule has 0 radical (unpaired) electrons. The highest BCUT2D eigenvalue weighted by molar-refractivity contribution is 8.00. The fourth-order valence-electron chi connectivity index (χ4n) is 3.12. The summed E-state index contributed by atoms with van der Waals surface area (Å²) in [5.74, 6) is -0.762. The number of nitrogens with one attached hydrogen (secondary N) is 1. The first-order chi connectivity index (χ1) is 14.9. The third kappa shape index (κ3) is 5.69. The fourth-order valence-corrected chi connectivity index (χ4v) is 5.07. The zero-order chi connectivity index (χ0) is 22.4. The Balaban J connectivity index is 1.75. The number of fused-ring (bicyclic) bond motifs is 1. The number of esters is 1. The second-order valence-electron chi connectivity index (χ2n) is 6.86. The maximum Gasteiger partial charge on any atom is 0.340 e. The van der Waals surface area contributed by atoms with Gasteiger partial charge in [-0.2, -0.15) is 0 Å². The van der Waals surface area contributed by atoms with Gasteiger partial charge in [0.15, 0.2) is 5.16 Å². The van der Waals surface area contributed by atoms with Gasteiger partial charge in [-0.05, 0) is 19.1 Å². The summed E-state index contributed by atoms with van der Waals surface area (Å²) in [6.45, 7) is 4.76. The van der Waals surface area contributed by atoms with Crippen molar-refractivity contribution < 1.29 is 19.1 Å². The highest BCUT2D eigenvalue weighted by Crippen LogP contribution is 2.34. The van der Waals surface area contributed by atoms with Crippen molar-refractivity contribution in [1.29, 1.82) is 0 Å². The zero-order valence-electron chi connectivity index (χ0n) is 17.7. The van der Waals surface area contributed by atoms with Gasteiger partial charge in [0.25, 0.3) is 5.56 Å². The minimum Gasteiger partial charge on any atom is -0.462 e. The minimum atomic E-state index is -0.494. The lowest BCUT2D eigenvalue weighted by molar-refractivity contribution is -0.113. The number of carbonyl (C=O) groups excluding carboxylic acids is 2. The molecule has 0 saturated heterocycles. The van der Waals surface area contributed by atoms with Crippen LogP contribution in [0.2, 0.25) is 0 Å². The molecule has 1 aromatic heterocycles. The summed E-state index contributed by atoms with van der Waals surface area (Å²) in [5.41, 5.74) is 1.37. The number of thioether (sulfide) groups is 2. The average Bonchev–Trinajstić information content (AvgIpc) is 3.13. The number of methoxy groups -OCH3 is 1. The molecular formula is C21H25N3O5S2. The molecule has 2 heterocycles. The first kappa shape index (κ1) is 23.4. The van der Waals surface area contributed by atoms with E-state index in [2.05, 4.69) is 17.2 Å². The van der Waals surface area contributed by atoms with Crippen LogP contribution in [0.25, 0.3) is 0 Å². The number of hydrogen-bond acceptors (Lipinski definition) is 8. The van der Waals surface area contributed by atoms with Crippen molar-refractivity contribution in [1.82, 2.24) is 9.55 Å². The van der Waals surface area contributed by atoms with Gasteiger partial charge in [0.05, 0.1) is 47.4 Å². The van der Waals surface area contributed by atoms with Gasteiger partial charge in [-0.15, -0.1) is 11.8 Å². The van der Waals surface area contributed by atoms with E-state index < -0.39 is 5.97 Å². The molecule has 3 rings (SSSR count). The quantitative estimate of drug-likeness (QED) is 0.344. The van der Waals surface area contributed by atoms with E-state index in [0.29, 0.717) is 39.7 Å². The maximum atomic E-state index is 12.9. The van der Waals surface area contributed by atoms with Gasteiger partial charge in [0.1, 0.15) is 0 Å². The summed E-state index contributed by atoms with van der Waals surface area (Å²) >= 11 is 2.73. The number of amides is 1. The first-order valence-electron chi connectivity index (χ1n) is 9.92. The second kappa shape index (κ2) is 10.8. The highest BCUT2D eigenvalue weighted by Gasteiger charge is 2.26. The first-order valence-corrected chi connectivity index (χ1v) is 11.8. The third-order valence-corrected chi connectivity index (χ3v) is 6.70. The van der Waals surface area contributed by atoms with Gasteiger partial charge in [-0.25, -0.2) is 9.78 Å². The third-order valence-electron chi connectivity index (χ3n) is 4.51. The Hall–Kier alpha value is -2.30. The molecule has 1 N–H and O–H groups in total. The molecule has 166 valence electrons. The van der Waals surface area contributed by atoms with Crippen LogP contribution >= 0.6 is 23.5 Å². The summed E-state index contributed by atoms with van der Waals surface area (Å²) in [6, 6.07) is 6.69. The Morgan fingerprint density at radius 1 is 1.35 bits per heavy atom. The van der Waals surface area contributed by atoms with E-state index in [9.17, 15) is 14.4 Å². The monoisotopic (exact) mass is 463 g/mol. The number of aromatic nitrogens is 2. The van der Waals surface area contributed by atoms with Crippen molar-refractivity contribution in [2.75, 3.05) is 31.4 Å². The molecule has 1 amide bonds. The molecule has 0 aliphatic carbocycles. The molecule has 0 saturated carbocycles. The average molecular weight is 464 g/mol. The molecule has 10 heteroatoms. The molecule has 0 spiro atoms. The predicted octanol–water partition coefficient (Wildman–Crippen LogP) is 2.83. The van der Waals surface area contributed by atoms with E-state index in [1.54, 1.807) is 42.9 Å². The molecule has 31 heavy (non-hydrogen) atoms. The topological polar surface area (TPSA) is 99.5 Å². The lowest BCUT2D eigenvalue weighted by atomic mass is 10.2. The van der Waals surface area contributed by atoms with Crippen LogP contribution in [0.15, 0.2) is 39.1 Å².